The first-order valence-electron chi connectivity index (χ1n) is 5.63. The van der Waals surface area contributed by atoms with Crippen molar-refractivity contribution in [2.75, 3.05) is 5.23 Å². The first-order valence-corrected chi connectivity index (χ1v) is 6.00. The normalized spacial score (nSPS) is 13.7. The Bertz CT molecular complexity index is 565. The summed E-state index contributed by atoms with van der Waals surface area (Å²) in [5, 5.41) is 4.30. The van der Waals surface area contributed by atoms with Crippen LogP contribution < -0.4 is 10.7 Å². The minimum atomic E-state index is 0.151. The molecule has 1 N–H and O–H groups in total. The molecule has 0 atom stereocenters. The highest BCUT2D eigenvalue weighted by atomic mass is 35.5. The van der Waals surface area contributed by atoms with E-state index in [4.69, 9.17) is 11.6 Å². The zero-order valence-corrected chi connectivity index (χ0v) is 9.98. The van der Waals surface area contributed by atoms with Crippen LogP contribution >= 0.6 is 11.6 Å². The predicted octanol–water partition coefficient (Wildman–Crippen LogP) is 3.13. The smallest absolute Gasteiger partial charge is 0.314 e. The van der Waals surface area contributed by atoms with Crippen LogP contribution in [0.25, 0.3) is 5.03 Å². The van der Waals surface area contributed by atoms with E-state index >= 15 is 0 Å². The molecule has 1 aliphatic rings. The van der Waals surface area contributed by atoms with Crippen LogP contribution in [0.15, 0.2) is 60.6 Å². The molecule has 0 radical (unpaired) electrons. The number of anilines is 1. The Morgan fingerprint density at radius 3 is 2.41 bits per heavy atom. The monoisotopic (exact) mass is 239 g/mol. The van der Waals surface area contributed by atoms with Gasteiger partial charge in [0.1, 0.15) is 0 Å². The molecule has 2 aromatic rings. The van der Waals surface area contributed by atoms with Crippen molar-refractivity contribution in [3.63, 3.8) is 0 Å². The van der Waals surface area contributed by atoms with E-state index < -0.39 is 0 Å². The van der Waals surface area contributed by atoms with Gasteiger partial charge in [-0.1, -0.05) is 71.6 Å². The van der Waals surface area contributed by atoms with Crippen molar-refractivity contribution in [1.82, 2.24) is 0 Å². The average Bonchev–Trinajstić information content (AvgIpc) is 2.40. The van der Waals surface area contributed by atoms with Gasteiger partial charge in [0.05, 0.1) is 0 Å². The number of benzene rings is 2. The van der Waals surface area contributed by atoms with E-state index in [1.807, 2.05) is 36.4 Å². The van der Waals surface area contributed by atoms with Crippen LogP contribution in [0.3, 0.4) is 0 Å². The zero-order chi connectivity index (χ0) is 11.7. The molecule has 0 saturated carbocycles. The number of hydrogen-bond acceptors (Lipinski definition) is 1. The van der Waals surface area contributed by atoms with Crippen molar-refractivity contribution >= 4 is 34.6 Å². The van der Waals surface area contributed by atoms with E-state index in [0.717, 1.165) is 16.3 Å². The van der Waals surface area contributed by atoms with Gasteiger partial charge >= 0.3 is 6.85 Å². The third-order valence-corrected chi connectivity index (χ3v) is 3.30. The topological polar surface area (TPSA) is 12.0 Å². The minimum absolute atomic E-state index is 0.151. The van der Waals surface area contributed by atoms with Crippen LogP contribution in [0, 0.1) is 0 Å². The van der Waals surface area contributed by atoms with Gasteiger partial charge in [-0.3, -0.25) is 0 Å². The lowest BCUT2D eigenvalue weighted by atomic mass is 9.54. The Morgan fingerprint density at radius 1 is 0.882 bits per heavy atom. The molecule has 1 heterocycles. The van der Waals surface area contributed by atoms with E-state index in [-0.39, 0.29) is 6.85 Å². The van der Waals surface area contributed by atoms with E-state index in [2.05, 4.69) is 29.4 Å². The molecule has 0 spiro atoms. The third-order valence-electron chi connectivity index (χ3n) is 2.97. The third kappa shape index (κ3) is 1.96. The van der Waals surface area contributed by atoms with Crippen molar-refractivity contribution in [2.24, 2.45) is 0 Å². The molecule has 0 amide bonds. The maximum absolute atomic E-state index is 6.31. The standard InChI is InChI=1S/C14H11BClN/c16-13-10-15(11-6-2-1-3-7-11)17-14-9-5-4-8-12(13)14/h1-10,17H. The Labute approximate surface area is 106 Å². The molecule has 3 rings (SSSR count). The van der Waals surface area contributed by atoms with Gasteiger partial charge in [-0.05, 0) is 6.07 Å². The number of rotatable bonds is 1. The molecule has 0 bridgehead atoms. The Hall–Kier alpha value is -1.67. The van der Waals surface area contributed by atoms with Crippen LogP contribution in [0.4, 0.5) is 5.69 Å². The van der Waals surface area contributed by atoms with Crippen LogP contribution in [-0.2, 0) is 0 Å². The lowest BCUT2D eigenvalue weighted by Crippen LogP contribution is -2.38. The van der Waals surface area contributed by atoms with Gasteiger partial charge in [-0.15, -0.1) is 0 Å². The van der Waals surface area contributed by atoms with Crippen molar-refractivity contribution in [2.45, 2.75) is 0 Å². The Kier molecular flexibility index (Phi) is 2.66. The van der Waals surface area contributed by atoms with Crippen LogP contribution in [0.2, 0.25) is 0 Å². The van der Waals surface area contributed by atoms with E-state index in [0.29, 0.717) is 0 Å². The average molecular weight is 240 g/mol. The first-order chi connectivity index (χ1) is 8.34. The fraction of sp³-hybridized carbons (Fsp3) is 0. The summed E-state index contributed by atoms with van der Waals surface area (Å²) >= 11 is 6.31. The largest absolute Gasteiger partial charge is 0.420 e. The Morgan fingerprint density at radius 2 is 1.59 bits per heavy atom. The summed E-state index contributed by atoms with van der Waals surface area (Å²) in [7, 11) is 0. The van der Waals surface area contributed by atoms with Gasteiger partial charge in [0.15, 0.2) is 0 Å². The van der Waals surface area contributed by atoms with Crippen molar-refractivity contribution in [3.05, 3.63) is 66.1 Å². The van der Waals surface area contributed by atoms with Gasteiger partial charge in [-0.25, -0.2) is 0 Å². The quantitative estimate of drug-likeness (QED) is 0.754. The van der Waals surface area contributed by atoms with Crippen LogP contribution in [-0.4, -0.2) is 6.85 Å². The summed E-state index contributed by atoms with van der Waals surface area (Å²) < 4.78 is 0. The maximum Gasteiger partial charge on any atom is 0.314 e. The summed E-state index contributed by atoms with van der Waals surface area (Å²) in [5.74, 6) is 2.05. The second-order valence-electron chi connectivity index (χ2n) is 4.09. The van der Waals surface area contributed by atoms with Crippen molar-refractivity contribution in [1.29, 1.82) is 0 Å². The van der Waals surface area contributed by atoms with Gasteiger partial charge in [-0.2, -0.15) is 0 Å². The molecule has 1 nitrogen and oxygen atoms in total. The second-order valence-corrected chi connectivity index (χ2v) is 4.50. The van der Waals surface area contributed by atoms with E-state index in [1.165, 1.54) is 5.46 Å². The highest BCUT2D eigenvalue weighted by Gasteiger charge is 2.22. The number of hydrogen-bond donors (Lipinski definition) is 1. The lowest BCUT2D eigenvalue weighted by Gasteiger charge is -2.21. The molecule has 0 aliphatic carbocycles. The molecule has 0 fully saturated rings. The van der Waals surface area contributed by atoms with Gasteiger partial charge in [0.2, 0.25) is 0 Å². The maximum atomic E-state index is 6.31. The van der Waals surface area contributed by atoms with Gasteiger partial charge < -0.3 is 5.23 Å². The molecule has 17 heavy (non-hydrogen) atoms. The molecule has 82 valence electrons. The molecule has 3 heteroatoms. The van der Waals surface area contributed by atoms with E-state index in [1.54, 1.807) is 0 Å². The second kappa shape index (κ2) is 4.30. The fourth-order valence-electron chi connectivity index (χ4n) is 2.10. The molecule has 0 unspecified atom stereocenters. The molecule has 1 aliphatic heterocycles. The summed E-state index contributed by atoms with van der Waals surface area (Å²) in [4.78, 5) is 0. The first kappa shape index (κ1) is 10.5. The molecular weight excluding hydrogens is 228 g/mol. The number of nitrogens with one attached hydrogen (secondary N) is 1. The number of fused-ring (bicyclic) bond motifs is 1. The number of para-hydroxylation sites is 1. The lowest BCUT2D eigenvalue weighted by molar-refractivity contribution is 1.59. The SMILES string of the molecule is ClC1=CB(c2ccccc2)Nc2ccccc21. The summed E-state index contributed by atoms with van der Waals surface area (Å²) in [6, 6.07) is 18.4. The van der Waals surface area contributed by atoms with E-state index in [9.17, 15) is 0 Å². The summed E-state index contributed by atoms with van der Waals surface area (Å²) in [6.45, 7) is 0.151. The van der Waals surface area contributed by atoms with Gasteiger partial charge in [0.25, 0.3) is 0 Å². The van der Waals surface area contributed by atoms with Crippen molar-refractivity contribution in [3.8, 4) is 0 Å². The molecular formula is C14H11BClN. The van der Waals surface area contributed by atoms with Crippen LogP contribution in [0.1, 0.15) is 5.56 Å². The summed E-state index contributed by atoms with van der Waals surface area (Å²) in [5.41, 5.74) is 3.38. The predicted molar refractivity (Wildman–Crippen MR) is 75.7 cm³/mol. The molecule has 2 aromatic carbocycles. The highest BCUT2D eigenvalue weighted by Crippen LogP contribution is 2.30. The summed E-state index contributed by atoms with van der Waals surface area (Å²) in [6.07, 6.45) is 0. The number of halogens is 1. The van der Waals surface area contributed by atoms with Crippen LogP contribution in [0.5, 0.6) is 0 Å². The van der Waals surface area contributed by atoms with Crippen molar-refractivity contribution < 1.29 is 0 Å². The fourth-order valence-corrected chi connectivity index (χ4v) is 2.39. The minimum Gasteiger partial charge on any atom is -0.420 e. The zero-order valence-electron chi connectivity index (χ0n) is 9.23. The van der Waals surface area contributed by atoms with Gasteiger partial charge in [0, 0.05) is 16.3 Å². The molecule has 0 aromatic heterocycles. The molecule has 0 saturated heterocycles. The highest BCUT2D eigenvalue weighted by molar-refractivity contribution is 6.83. The Balaban J connectivity index is 2.02.